The van der Waals surface area contributed by atoms with E-state index in [1.165, 1.54) is 6.07 Å². The van der Waals surface area contributed by atoms with Gasteiger partial charge in [-0.1, -0.05) is 17.7 Å². The highest BCUT2D eigenvalue weighted by atomic mass is 35.5. The summed E-state index contributed by atoms with van der Waals surface area (Å²) >= 11 is 6.00. The third-order valence-corrected chi connectivity index (χ3v) is 4.96. The van der Waals surface area contributed by atoms with Gasteiger partial charge >= 0.3 is 0 Å². The molecule has 0 fully saturated rings. The topological polar surface area (TPSA) is 55.4 Å². The summed E-state index contributed by atoms with van der Waals surface area (Å²) in [7, 11) is -2.12. The van der Waals surface area contributed by atoms with Crippen LogP contribution in [-0.4, -0.2) is 15.5 Å². The van der Waals surface area contributed by atoms with E-state index in [0.717, 1.165) is 5.56 Å². The molecular formula is C15H16ClNO3S. The average Bonchev–Trinajstić information content (AvgIpc) is 2.43. The van der Waals surface area contributed by atoms with Crippen molar-refractivity contribution in [2.75, 3.05) is 11.8 Å². The highest BCUT2D eigenvalue weighted by Gasteiger charge is 2.17. The van der Waals surface area contributed by atoms with Crippen molar-refractivity contribution in [3.05, 3.63) is 52.5 Å². The minimum Gasteiger partial charge on any atom is -0.496 e. The predicted molar refractivity (Wildman–Crippen MR) is 84.7 cm³/mol. The number of sulfonamides is 1. The van der Waals surface area contributed by atoms with Crippen LogP contribution in [0.3, 0.4) is 0 Å². The van der Waals surface area contributed by atoms with Gasteiger partial charge in [0.25, 0.3) is 10.0 Å². The van der Waals surface area contributed by atoms with Gasteiger partial charge in [0.1, 0.15) is 5.75 Å². The van der Waals surface area contributed by atoms with E-state index in [9.17, 15) is 8.42 Å². The second-order valence-electron chi connectivity index (χ2n) is 4.65. The maximum absolute atomic E-state index is 12.4. The van der Waals surface area contributed by atoms with Crippen molar-refractivity contribution in [1.82, 2.24) is 0 Å². The Morgan fingerprint density at radius 1 is 1.14 bits per heavy atom. The van der Waals surface area contributed by atoms with E-state index < -0.39 is 10.0 Å². The molecule has 0 aromatic heterocycles. The molecule has 112 valence electrons. The van der Waals surface area contributed by atoms with E-state index in [2.05, 4.69) is 4.72 Å². The average molecular weight is 326 g/mol. The van der Waals surface area contributed by atoms with Gasteiger partial charge in [0.15, 0.2) is 0 Å². The summed E-state index contributed by atoms with van der Waals surface area (Å²) in [6.07, 6.45) is 0. The molecule has 6 heteroatoms. The monoisotopic (exact) mass is 325 g/mol. The zero-order valence-electron chi connectivity index (χ0n) is 12.0. The van der Waals surface area contributed by atoms with Crippen molar-refractivity contribution in [3.8, 4) is 5.75 Å². The molecule has 21 heavy (non-hydrogen) atoms. The molecule has 0 bridgehead atoms. The molecule has 2 aromatic rings. The molecule has 0 amide bonds. The number of halogens is 1. The van der Waals surface area contributed by atoms with Crippen LogP contribution in [0.1, 0.15) is 11.1 Å². The Hall–Kier alpha value is -1.72. The molecule has 1 N–H and O–H groups in total. The second kappa shape index (κ2) is 5.95. The number of anilines is 1. The summed E-state index contributed by atoms with van der Waals surface area (Å²) in [6, 6.07) is 9.80. The van der Waals surface area contributed by atoms with Gasteiger partial charge in [-0.25, -0.2) is 8.42 Å². The fourth-order valence-electron chi connectivity index (χ4n) is 1.94. The van der Waals surface area contributed by atoms with E-state index in [1.54, 1.807) is 51.3 Å². The Morgan fingerprint density at radius 3 is 2.48 bits per heavy atom. The second-order valence-corrected chi connectivity index (χ2v) is 6.74. The van der Waals surface area contributed by atoms with Crippen LogP contribution >= 0.6 is 11.6 Å². The van der Waals surface area contributed by atoms with Gasteiger partial charge in [-0.05, 0) is 55.3 Å². The van der Waals surface area contributed by atoms with Gasteiger partial charge in [0.05, 0.1) is 17.7 Å². The van der Waals surface area contributed by atoms with Crippen LogP contribution in [0.15, 0.2) is 41.3 Å². The van der Waals surface area contributed by atoms with Gasteiger partial charge in [-0.2, -0.15) is 0 Å². The fraction of sp³-hybridized carbons (Fsp3) is 0.200. The Balaban J connectivity index is 2.39. The summed E-state index contributed by atoms with van der Waals surface area (Å²) < 4.78 is 32.5. The first-order chi connectivity index (χ1) is 9.85. The Bertz CT molecular complexity index is 772. The van der Waals surface area contributed by atoms with Gasteiger partial charge < -0.3 is 4.74 Å². The molecule has 2 aromatic carbocycles. The Labute approximate surface area is 129 Å². The Kier molecular flexibility index (Phi) is 4.44. The first kappa shape index (κ1) is 15.7. The van der Waals surface area contributed by atoms with Crippen LogP contribution in [0.4, 0.5) is 5.69 Å². The largest absolute Gasteiger partial charge is 0.496 e. The molecule has 0 atom stereocenters. The van der Waals surface area contributed by atoms with Crippen molar-refractivity contribution in [1.29, 1.82) is 0 Å². The Morgan fingerprint density at radius 2 is 1.86 bits per heavy atom. The van der Waals surface area contributed by atoms with Gasteiger partial charge in [-0.3, -0.25) is 4.72 Å². The van der Waals surface area contributed by atoms with Gasteiger partial charge in [0, 0.05) is 5.02 Å². The molecule has 0 aliphatic rings. The van der Waals surface area contributed by atoms with E-state index in [4.69, 9.17) is 16.3 Å². The molecule has 0 radical (unpaired) electrons. The number of ether oxygens (including phenoxy) is 1. The molecule has 2 rings (SSSR count). The standard InChI is InChI=1S/C15H16ClNO3S/c1-10-9-12(7-8-15(10)20-3)21(18,19)17-14-6-4-5-13(16)11(14)2/h4-9,17H,1-3H3. The smallest absolute Gasteiger partial charge is 0.261 e. The molecule has 0 saturated carbocycles. The molecular weight excluding hydrogens is 310 g/mol. The lowest BCUT2D eigenvalue weighted by molar-refractivity contribution is 0.411. The lowest BCUT2D eigenvalue weighted by Crippen LogP contribution is -2.14. The maximum atomic E-state index is 12.4. The third-order valence-electron chi connectivity index (χ3n) is 3.19. The van der Waals surface area contributed by atoms with Gasteiger partial charge in [-0.15, -0.1) is 0 Å². The van der Waals surface area contributed by atoms with Crippen LogP contribution in [0.25, 0.3) is 0 Å². The summed E-state index contributed by atoms with van der Waals surface area (Å²) in [4.78, 5) is 0.181. The molecule has 0 aliphatic carbocycles. The molecule has 0 unspecified atom stereocenters. The molecule has 0 spiro atoms. The number of benzene rings is 2. The van der Waals surface area contributed by atoms with E-state index >= 15 is 0 Å². The predicted octanol–water partition coefficient (Wildman–Crippen LogP) is 3.77. The first-order valence-electron chi connectivity index (χ1n) is 6.27. The van der Waals surface area contributed by atoms with Crippen molar-refractivity contribution >= 4 is 27.3 Å². The van der Waals surface area contributed by atoms with Crippen molar-refractivity contribution in [2.45, 2.75) is 18.7 Å². The molecule has 0 saturated heterocycles. The zero-order valence-corrected chi connectivity index (χ0v) is 13.5. The van der Waals surface area contributed by atoms with Crippen molar-refractivity contribution in [3.63, 3.8) is 0 Å². The van der Waals surface area contributed by atoms with Crippen LogP contribution < -0.4 is 9.46 Å². The minimum atomic E-state index is -3.66. The number of rotatable bonds is 4. The molecule has 4 nitrogen and oxygen atoms in total. The van der Waals surface area contributed by atoms with Gasteiger partial charge in [0.2, 0.25) is 0 Å². The highest BCUT2D eigenvalue weighted by Crippen LogP contribution is 2.27. The third kappa shape index (κ3) is 3.31. The fourth-order valence-corrected chi connectivity index (χ4v) is 3.32. The summed E-state index contributed by atoms with van der Waals surface area (Å²) in [6.45, 7) is 3.56. The van der Waals surface area contributed by atoms with Crippen molar-refractivity contribution < 1.29 is 13.2 Å². The van der Waals surface area contributed by atoms with E-state index in [-0.39, 0.29) is 4.90 Å². The summed E-state index contributed by atoms with van der Waals surface area (Å²) in [5, 5.41) is 0.515. The lowest BCUT2D eigenvalue weighted by Gasteiger charge is -2.12. The molecule has 0 heterocycles. The number of hydrogen-bond acceptors (Lipinski definition) is 3. The van der Waals surface area contributed by atoms with Crippen molar-refractivity contribution in [2.24, 2.45) is 0 Å². The summed E-state index contributed by atoms with van der Waals surface area (Å²) in [5.74, 6) is 0.646. The number of nitrogens with one attached hydrogen (secondary N) is 1. The number of methoxy groups -OCH3 is 1. The SMILES string of the molecule is COc1ccc(S(=O)(=O)Nc2cccc(Cl)c2C)cc1C. The number of aryl methyl sites for hydroxylation is 1. The van der Waals surface area contributed by atoms with Crippen LogP contribution in [0, 0.1) is 13.8 Å². The highest BCUT2D eigenvalue weighted by molar-refractivity contribution is 7.92. The zero-order chi connectivity index (χ0) is 15.6. The van der Waals surface area contributed by atoms with E-state index in [1.807, 2.05) is 0 Å². The van der Waals surface area contributed by atoms with E-state index in [0.29, 0.717) is 22.0 Å². The summed E-state index contributed by atoms with van der Waals surface area (Å²) in [5.41, 5.74) is 1.91. The van der Waals surface area contributed by atoms with Crippen LogP contribution in [0.5, 0.6) is 5.75 Å². The first-order valence-corrected chi connectivity index (χ1v) is 8.14. The van der Waals surface area contributed by atoms with Crippen LogP contribution in [0.2, 0.25) is 5.02 Å². The lowest BCUT2D eigenvalue weighted by atomic mass is 10.2. The molecule has 0 aliphatic heterocycles. The quantitative estimate of drug-likeness (QED) is 0.931. The maximum Gasteiger partial charge on any atom is 0.261 e. The normalized spacial score (nSPS) is 11.2. The minimum absolute atomic E-state index is 0.181. The van der Waals surface area contributed by atoms with Crippen LogP contribution in [-0.2, 0) is 10.0 Å². The number of hydrogen-bond donors (Lipinski definition) is 1.